The summed E-state index contributed by atoms with van der Waals surface area (Å²) in [6, 6.07) is 6.66. The molecule has 106 valence electrons. The van der Waals surface area contributed by atoms with E-state index in [0.29, 0.717) is 17.8 Å². The Balaban J connectivity index is 2.43. The van der Waals surface area contributed by atoms with E-state index in [0.717, 1.165) is 17.4 Å². The number of benzene rings is 1. The lowest BCUT2D eigenvalue weighted by atomic mass is 10.1. The van der Waals surface area contributed by atoms with Gasteiger partial charge >= 0.3 is 5.63 Å². The highest BCUT2D eigenvalue weighted by molar-refractivity contribution is 5.82. The van der Waals surface area contributed by atoms with Gasteiger partial charge in [0.25, 0.3) is 5.91 Å². The minimum atomic E-state index is -0.687. The summed E-state index contributed by atoms with van der Waals surface area (Å²) in [6.45, 7) is 3.78. The van der Waals surface area contributed by atoms with Crippen molar-refractivity contribution in [2.75, 3.05) is 0 Å². The number of rotatable bonds is 5. The maximum Gasteiger partial charge on any atom is 0.336 e. The maximum atomic E-state index is 11.5. The zero-order valence-corrected chi connectivity index (χ0v) is 11.5. The predicted molar refractivity (Wildman–Crippen MR) is 75.8 cm³/mol. The van der Waals surface area contributed by atoms with Crippen LogP contribution in [-0.4, -0.2) is 12.0 Å². The fourth-order valence-corrected chi connectivity index (χ4v) is 2.08. The monoisotopic (exact) mass is 275 g/mol. The molecule has 1 heterocycles. The van der Waals surface area contributed by atoms with E-state index in [1.54, 1.807) is 12.1 Å². The molecule has 0 saturated heterocycles. The fourth-order valence-electron chi connectivity index (χ4n) is 2.08. The van der Waals surface area contributed by atoms with Crippen LogP contribution in [-0.2, 0) is 11.2 Å². The Kier molecular flexibility index (Phi) is 4.08. The number of fused-ring (bicyclic) bond motifs is 1. The molecule has 5 nitrogen and oxygen atoms in total. The lowest BCUT2D eigenvalue weighted by Crippen LogP contribution is -2.32. The van der Waals surface area contributed by atoms with Crippen LogP contribution >= 0.6 is 0 Å². The van der Waals surface area contributed by atoms with Gasteiger partial charge in [0, 0.05) is 17.5 Å². The molecule has 20 heavy (non-hydrogen) atoms. The number of hydrogen-bond acceptors (Lipinski definition) is 4. The van der Waals surface area contributed by atoms with Crippen molar-refractivity contribution in [2.45, 2.75) is 32.8 Å². The molecule has 0 bridgehead atoms. The van der Waals surface area contributed by atoms with Crippen LogP contribution in [0.1, 0.15) is 25.8 Å². The third-order valence-electron chi connectivity index (χ3n) is 3.15. The van der Waals surface area contributed by atoms with Crippen LogP contribution in [0.25, 0.3) is 11.0 Å². The van der Waals surface area contributed by atoms with Gasteiger partial charge < -0.3 is 14.9 Å². The highest BCUT2D eigenvalue weighted by atomic mass is 16.5. The van der Waals surface area contributed by atoms with Crippen LogP contribution in [0.15, 0.2) is 33.5 Å². The Morgan fingerprint density at radius 2 is 2.10 bits per heavy atom. The average molecular weight is 275 g/mol. The molecule has 5 heteroatoms. The Labute approximate surface area is 116 Å². The maximum absolute atomic E-state index is 11.5. The third-order valence-corrected chi connectivity index (χ3v) is 3.15. The van der Waals surface area contributed by atoms with Crippen LogP contribution < -0.4 is 16.1 Å². The second-order valence-corrected chi connectivity index (χ2v) is 4.52. The summed E-state index contributed by atoms with van der Waals surface area (Å²) in [5.74, 6) is -0.0593. The number of aryl methyl sites for hydroxylation is 1. The zero-order valence-electron chi connectivity index (χ0n) is 11.5. The van der Waals surface area contributed by atoms with Gasteiger partial charge in [0.2, 0.25) is 0 Å². The van der Waals surface area contributed by atoms with Crippen LogP contribution in [0.5, 0.6) is 5.75 Å². The highest BCUT2D eigenvalue weighted by Gasteiger charge is 2.15. The summed E-state index contributed by atoms with van der Waals surface area (Å²) < 4.78 is 10.7. The number of primary amides is 1. The molecule has 0 aliphatic heterocycles. The largest absolute Gasteiger partial charge is 0.480 e. The summed E-state index contributed by atoms with van der Waals surface area (Å²) in [7, 11) is 0. The van der Waals surface area contributed by atoms with E-state index in [9.17, 15) is 9.59 Å². The quantitative estimate of drug-likeness (QED) is 0.846. The molecule has 0 unspecified atom stereocenters. The van der Waals surface area contributed by atoms with Gasteiger partial charge in [0.15, 0.2) is 6.10 Å². The fraction of sp³-hybridized carbons (Fsp3) is 0.333. The third kappa shape index (κ3) is 2.82. The van der Waals surface area contributed by atoms with Crippen molar-refractivity contribution >= 4 is 16.9 Å². The first-order chi connectivity index (χ1) is 9.55. The average Bonchev–Trinajstić information content (AvgIpc) is 2.42. The normalized spacial score (nSPS) is 12.3. The molecule has 0 radical (unpaired) electrons. The van der Waals surface area contributed by atoms with Gasteiger partial charge in [-0.1, -0.05) is 13.8 Å². The molecule has 2 aromatic rings. The van der Waals surface area contributed by atoms with Gasteiger partial charge in [0.05, 0.1) is 0 Å². The smallest absolute Gasteiger partial charge is 0.336 e. The van der Waals surface area contributed by atoms with Gasteiger partial charge in [0.1, 0.15) is 11.3 Å². The summed E-state index contributed by atoms with van der Waals surface area (Å²) in [4.78, 5) is 22.7. The highest BCUT2D eigenvalue weighted by Crippen LogP contribution is 2.24. The minimum absolute atomic E-state index is 0.395. The Hall–Kier alpha value is -2.30. The molecule has 2 N–H and O–H groups in total. The molecular weight excluding hydrogens is 258 g/mol. The Morgan fingerprint density at radius 1 is 1.35 bits per heavy atom. The summed E-state index contributed by atoms with van der Waals surface area (Å²) >= 11 is 0. The van der Waals surface area contributed by atoms with E-state index in [1.807, 2.05) is 19.9 Å². The van der Waals surface area contributed by atoms with Gasteiger partial charge in [-0.2, -0.15) is 0 Å². The number of carbonyl (C=O) groups excluding carboxylic acids is 1. The van der Waals surface area contributed by atoms with E-state index in [2.05, 4.69) is 0 Å². The minimum Gasteiger partial charge on any atom is -0.480 e. The van der Waals surface area contributed by atoms with Crippen molar-refractivity contribution in [3.8, 4) is 5.75 Å². The second-order valence-electron chi connectivity index (χ2n) is 4.52. The Morgan fingerprint density at radius 3 is 2.70 bits per heavy atom. The Bertz CT molecular complexity index is 690. The van der Waals surface area contributed by atoms with E-state index in [1.165, 1.54) is 6.07 Å². The SMILES string of the molecule is CCc1cc(=O)oc2cc(O[C@@H](CC)C(N)=O)ccc12. The molecular formula is C15H17NO4. The van der Waals surface area contributed by atoms with E-state index in [4.69, 9.17) is 14.9 Å². The summed E-state index contributed by atoms with van der Waals surface area (Å²) in [5.41, 5.74) is 6.22. The second kappa shape index (κ2) is 5.77. The number of ether oxygens (including phenoxy) is 1. The van der Waals surface area contributed by atoms with Crippen LogP contribution in [0.3, 0.4) is 0 Å². The van der Waals surface area contributed by atoms with Crippen molar-refractivity contribution in [3.63, 3.8) is 0 Å². The molecule has 0 aliphatic rings. The topological polar surface area (TPSA) is 82.5 Å². The zero-order chi connectivity index (χ0) is 14.7. The first-order valence-corrected chi connectivity index (χ1v) is 6.58. The van der Waals surface area contributed by atoms with Crippen LogP contribution in [0.2, 0.25) is 0 Å². The van der Waals surface area contributed by atoms with Crippen molar-refractivity contribution in [1.29, 1.82) is 0 Å². The van der Waals surface area contributed by atoms with Crippen molar-refractivity contribution in [1.82, 2.24) is 0 Å². The molecule has 2 rings (SSSR count). The molecule has 1 atom stereocenters. The molecule has 0 saturated carbocycles. The number of hydrogen-bond donors (Lipinski definition) is 1. The van der Waals surface area contributed by atoms with E-state index < -0.39 is 17.6 Å². The number of nitrogens with two attached hydrogens (primary N) is 1. The van der Waals surface area contributed by atoms with Crippen molar-refractivity contribution in [2.24, 2.45) is 5.73 Å². The first-order valence-electron chi connectivity index (χ1n) is 6.58. The molecule has 0 spiro atoms. The van der Waals surface area contributed by atoms with E-state index >= 15 is 0 Å². The van der Waals surface area contributed by atoms with Crippen LogP contribution in [0.4, 0.5) is 0 Å². The molecule has 1 aromatic heterocycles. The summed E-state index contributed by atoms with van der Waals surface area (Å²) in [6.07, 6.45) is 0.529. The van der Waals surface area contributed by atoms with Gasteiger partial charge in [-0.25, -0.2) is 4.79 Å². The molecule has 0 fully saturated rings. The van der Waals surface area contributed by atoms with Crippen molar-refractivity contribution < 1.29 is 13.9 Å². The van der Waals surface area contributed by atoms with Crippen LogP contribution in [0, 0.1) is 0 Å². The summed E-state index contributed by atoms with van der Waals surface area (Å²) in [5, 5.41) is 0.867. The van der Waals surface area contributed by atoms with Crippen molar-refractivity contribution in [3.05, 3.63) is 40.2 Å². The van der Waals surface area contributed by atoms with Gasteiger partial charge in [-0.05, 0) is 30.5 Å². The molecule has 1 aromatic carbocycles. The lowest BCUT2D eigenvalue weighted by Gasteiger charge is -2.14. The standard InChI is InChI=1S/C15H17NO4/c1-3-9-7-14(17)20-13-8-10(5-6-11(9)13)19-12(4-2)15(16)18/h5-8,12H,3-4H2,1-2H3,(H2,16,18)/t12-/m0/s1. The molecule has 0 aliphatic carbocycles. The number of amides is 1. The van der Waals surface area contributed by atoms with Gasteiger partial charge in [-0.15, -0.1) is 0 Å². The first kappa shape index (κ1) is 14.1. The lowest BCUT2D eigenvalue weighted by molar-refractivity contribution is -0.124. The number of carbonyl (C=O) groups is 1. The van der Waals surface area contributed by atoms with E-state index in [-0.39, 0.29) is 0 Å². The predicted octanol–water partition coefficient (Wildman–Crippen LogP) is 2.00. The van der Waals surface area contributed by atoms with Gasteiger partial charge in [-0.3, -0.25) is 4.79 Å². The molecule has 1 amide bonds.